The van der Waals surface area contributed by atoms with Crippen molar-refractivity contribution in [3.63, 3.8) is 0 Å². The van der Waals surface area contributed by atoms with Crippen LogP contribution in [0.1, 0.15) is 36.2 Å². The number of aliphatic hydroxyl groups is 1. The Morgan fingerprint density at radius 1 is 1.35 bits per heavy atom. The molecule has 0 aliphatic rings. The fourth-order valence-corrected chi connectivity index (χ4v) is 2.52. The van der Waals surface area contributed by atoms with Gasteiger partial charge in [-0.3, -0.25) is 0 Å². The molecule has 1 N–H and O–H groups in total. The molecular weight excluding hydrogens is 274 g/mol. The average Bonchev–Trinajstić information content (AvgIpc) is 2.92. The molecule has 2 rings (SSSR count). The number of aryl methyl sites for hydroxylation is 1. The van der Waals surface area contributed by atoms with Crippen molar-refractivity contribution >= 4 is 11.3 Å². The number of aliphatic hydroxyl groups excluding tert-OH is 1. The lowest BCUT2D eigenvalue weighted by Crippen LogP contribution is -2.00. The van der Waals surface area contributed by atoms with Gasteiger partial charge in [0.1, 0.15) is 6.61 Å². The second kappa shape index (κ2) is 6.72. The van der Waals surface area contributed by atoms with Crippen molar-refractivity contribution in [2.45, 2.75) is 33.0 Å². The van der Waals surface area contributed by atoms with E-state index in [9.17, 15) is 5.11 Å². The molecule has 0 bridgehead atoms. The molecule has 0 radical (unpaired) electrons. The van der Waals surface area contributed by atoms with Gasteiger partial charge in [0.2, 0.25) is 0 Å². The second-order valence-electron chi connectivity index (χ2n) is 4.46. The third-order valence-electron chi connectivity index (χ3n) is 2.95. The molecule has 0 spiro atoms. The predicted molar refractivity (Wildman–Crippen MR) is 79.5 cm³/mol. The largest absolute Gasteiger partial charge is 0.493 e. The Kier molecular flexibility index (Phi) is 4.98. The van der Waals surface area contributed by atoms with E-state index in [-0.39, 0.29) is 0 Å². The van der Waals surface area contributed by atoms with Crippen LogP contribution in [-0.4, -0.2) is 17.2 Å². The molecular formula is C15H19NO3S. The highest BCUT2D eigenvalue weighted by atomic mass is 32.1. The zero-order chi connectivity index (χ0) is 14.5. The van der Waals surface area contributed by atoms with Gasteiger partial charge in [-0.1, -0.05) is 13.0 Å². The first kappa shape index (κ1) is 14.8. The van der Waals surface area contributed by atoms with Crippen LogP contribution in [0.5, 0.6) is 11.5 Å². The minimum Gasteiger partial charge on any atom is -0.493 e. The lowest BCUT2D eigenvalue weighted by molar-refractivity contribution is 0.198. The van der Waals surface area contributed by atoms with E-state index < -0.39 is 6.10 Å². The smallest absolute Gasteiger partial charge is 0.161 e. The monoisotopic (exact) mass is 293 g/mol. The number of aromatic nitrogens is 1. The first-order chi connectivity index (χ1) is 9.63. The highest BCUT2D eigenvalue weighted by molar-refractivity contribution is 7.09. The minimum absolute atomic E-state index is 0.418. The number of rotatable bonds is 6. The molecule has 2 aromatic rings. The van der Waals surface area contributed by atoms with Crippen molar-refractivity contribution in [2.75, 3.05) is 7.11 Å². The Hall–Kier alpha value is -1.59. The van der Waals surface area contributed by atoms with Crippen LogP contribution in [-0.2, 0) is 13.0 Å². The van der Waals surface area contributed by atoms with E-state index in [1.54, 1.807) is 31.4 Å². The third kappa shape index (κ3) is 3.49. The van der Waals surface area contributed by atoms with Crippen LogP contribution in [0.2, 0.25) is 0 Å². The zero-order valence-corrected chi connectivity index (χ0v) is 12.7. The molecule has 1 aromatic heterocycles. The van der Waals surface area contributed by atoms with E-state index in [4.69, 9.17) is 9.47 Å². The first-order valence-corrected chi connectivity index (χ1v) is 7.44. The number of thiazole rings is 1. The SMILES string of the molecule is CCc1nc(COc2ccc(C(C)O)cc2OC)cs1. The van der Waals surface area contributed by atoms with Crippen molar-refractivity contribution in [3.8, 4) is 11.5 Å². The molecule has 0 aliphatic carbocycles. The van der Waals surface area contributed by atoms with Crippen LogP contribution in [0.4, 0.5) is 0 Å². The maximum Gasteiger partial charge on any atom is 0.161 e. The predicted octanol–water partition coefficient (Wildman–Crippen LogP) is 3.35. The Bertz CT molecular complexity index is 566. The third-order valence-corrected chi connectivity index (χ3v) is 3.99. The van der Waals surface area contributed by atoms with Crippen LogP contribution in [0.25, 0.3) is 0 Å². The van der Waals surface area contributed by atoms with Crippen LogP contribution >= 0.6 is 11.3 Å². The number of hydrogen-bond acceptors (Lipinski definition) is 5. The van der Waals surface area contributed by atoms with Gasteiger partial charge in [0.05, 0.1) is 23.9 Å². The van der Waals surface area contributed by atoms with Crippen LogP contribution in [0.15, 0.2) is 23.6 Å². The summed E-state index contributed by atoms with van der Waals surface area (Å²) in [6, 6.07) is 5.44. The van der Waals surface area contributed by atoms with Crippen LogP contribution in [0.3, 0.4) is 0 Å². The molecule has 0 saturated heterocycles. The summed E-state index contributed by atoms with van der Waals surface area (Å²) in [5.74, 6) is 1.28. The number of methoxy groups -OCH3 is 1. The zero-order valence-electron chi connectivity index (χ0n) is 11.9. The molecule has 0 amide bonds. The summed E-state index contributed by atoms with van der Waals surface area (Å²) in [4.78, 5) is 4.46. The standard InChI is InChI=1S/C15H19NO3S/c1-4-15-16-12(9-20-15)8-19-13-6-5-11(10(2)17)7-14(13)18-3/h5-7,9-10,17H,4,8H2,1-3H3. The van der Waals surface area contributed by atoms with Crippen LogP contribution in [0, 0.1) is 0 Å². The highest BCUT2D eigenvalue weighted by Gasteiger charge is 2.09. The topological polar surface area (TPSA) is 51.6 Å². The Balaban J connectivity index is 2.08. The normalized spacial score (nSPS) is 12.2. The van der Waals surface area contributed by atoms with Crippen molar-refractivity contribution in [1.82, 2.24) is 4.98 Å². The van der Waals surface area contributed by atoms with E-state index in [1.165, 1.54) is 0 Å². The average molecular weight is 293 g/mol. The van der Waals surface area contributed by atoms with Gasteiger partial charge >= 0.3 is 0 Å². The molecule has 1 unspecified atom stereocenters. The molecule has 1 atom stereocenters. The summed E-state index contributed by atoms with van der Waals surface area (Å²) in [7, 11) is 1.59. The summed E-state index contributed by atoms with van der Waals surface area (Å²) in [5, 5.41) is 12.7. The first-order valence-electron chi connectivity index (χ1n) is 6.56. The Labute approximate surface area is 123 Å². The number of ether oxygens (including phenoxy) is 2. The molecule has 0 saturated carbocycles. The van der Waals surface area contributed by atoms with E-state index in [0.717, 1.165) is 22.7 Å². The summed E-state index contributed by atoms with van der Waals surface area (Å²) in [6.45, 7) is 4.22. The summed E-state index contributed by atoms with van der Waals surface area (Å²) in [6.07, 6.45) is 0.417. The molecule has 0 fully saturated rings. The maximum absolute atomic E-state index is 9.57. The van der Waals surface area contributed by atoms with Gasteiger partial charge in [0.15, 0.2) is 11.5 Å². The molecule has 0 aliphatic heterocycles. The molecule has 20 heavy (non-hydrogen) atoms. The van der Waals surface area contributed by atoms with Gasteiger partial charge in [-0.05, 0) is 31.0 Å². The number of benzene rings is 1. The molecule has 5 heteroatoms. The highest BCUT2D eigenvalue weighted by Crippen LogP contribution is 2.30. The van der Waals surface area contributed by atoms with E-state index in [1.807, 2.05) is 17.5 Å². The van der Waals surface area contributed by atoms with Gasteiger partial charge < -0.3 is 14.6 Å². The van der Waals surface area contributed by atoms with Crippen molar-refractivity contribution in [1.29, 1.82) is 0 Å². The lowest BCUT2D eigenvalue weighted by Gasteiger charge is -2.12. The maximum atomic E-state index is 9.57. The molecule has 1 heterocycles. The Morgan fingerprint density at radius 3 is 2.75 bits per heavy atom. The van der Waals surface area contributed by atoms with E-state index >= 15 is 0 Å². The lowest BCUT2D eigenvalue weighted by atomic mass is 10.1. The van der Waals surface area contributed by atoms with E-state index in [2.05, 4.69) is 11.9 Å². The van der Waals surface area contributed by atoms with E-state index in [0.29, 0.717) is 18.1 Å². The molecule has 1 aromatic carbocycles. The van der Waals surface area contributed by atoms with Gasteiger partial charge in [-0.2, -0.15) is 0 Å². The molecule has 108 valence electrons. The summed E-state index contributed by atoms with van der Waals surface area (Å²) >= 11 is 1.65. The summed E-state index contributed by atoms with van der Waals surface area (Å²) < 4.78 is 11.0. The quantitative estimate of drug-likeness (QED) is 0.887. The minimum atomic E-state index is -0.524. The van der Waals surface area contributed by atoms with Gasteiger partial charge in [0.25, 0.3) is 0 Å². The number of nitrogens with zero attached hydrogens (tertiary/aromatic N) is 1. The van der Waals surface area contributed by atoms with Crippen molar-refractivity contribution < 1.29 is 14.6 Å². The fourth-order valence-electron chi connectivity index (χ4n) is 1.79. The number of hydrogen-bond donors (Lipinski definition) is 1. The van der Waals surface area contributed by atoms with Gasteiger partial charge in [-0.15, -0.1) is 11.3 Å². The van der Waals surface area contributed by atoms with Gasteiger partial charge in [-0.25, -0.2) is 4.98 Å². The van der Waals surface area contributed by atoms with Crippen molar-refractivity contribution in [2.24, 2.45) is 0 Å². The van der Waals surface area contributed by atoms with Crippen molar-refractivity contribution in [3.05, 3.63) is 39.8 Å². The second-order valence-corrected chi connectivity index (χ2v) is 5.40. The Morgan fingerprint density at radius 2 is 2.15 bits per heavy atom. The van der Waals surface area contributed by atoms with Gasteiger partial charge in [0, 0.05) is 5.38 Å². The molecule has 4 nitrogen and oxygen atoms in total. The summed E-state index contributed by atoms with van der Waals surface area (Å²) in [5.41, 5.74) is 1.73. The van der Waals surface area contributed by atoms with Crippen LogP contribution < -0.4 is 9.47 Å². The fraction of sp³-hybridized carbons (Fsp3) is 0.400.